The highest BCUT2D eigenvalue weighted by atomic mass is 32.2. The number of nitrogens with one attached hydrogen (secondary N) is 1. The minimum absolute atomic E-state index is 0.00918. The lowest BCUT2D eigenvalue weighted by atomic mass is 10.2. The number of halogens is 3. The fourth-order valence-corrected chi connectivity index (χ4v) is 4.75. The second kappa shape index (κ2) is 7.73. The van der Waals surface area contributed by atoms with Crippen LogP contribution in [0.5, 0.6) is 0 Å². The molecule has 0 bridgehead atoms. The second-order valence-electron chi connectivity index (χ2n) is 8.41. The van der Waals surface area contributed by atoms with Crippen LogP contribution >= 0.6 is 0 Å². The van der Waals surface area contributed by atoms with E-state index in [1.165, 1.54) is 24.6 Å². The predicted octanol–water partition coefficient (Wildman–Crippen LogP) is 2.69. The Balaban J connectivity index is 1.82. The summed E-state index contributed by atoms with van der Waals surface area (Å²) in [6.07, 6.45) is -2.23. The van der Waals surface area contributed by atoms with Gasteiger partial charge in [-0.2, -0.15) is 18.3 Å². The average molecular weight is 507 g/mol. The first kappa shape index (κ1) is 23.2. The molecule has 4 heterocycles. The highest BCUT2D eigenvalue weighted by Gasteiger charge is 2.34. The number of hydrogen-bond acceptors (Lipinski definition) is 7. The third-order valence-electron chi connectivity index (χ3n) is 5.76. The van der Waals surface area contributed by atoms with Gasteiger partial charge in [0.25, 0.3) is 5.91 Å². The second-order valence-corrected chi connectivity index (χ2v) is 10.6. The monoisotopic (exact) mass is 507 g/mol. The number of rotatable bonds is 5. The molecule has 0 aromatic carbocycles. The lowest BCUT2D eigenvalue weighted by Crippen LogP contribution is -2.28. The first-order valence-electron chi connectivity index (χ1n) is 10.7. The van der Waals surface area contributed by atoms with Crippen LogP contribution in [0.4, 0.5) is 13.2 Å². The van der Waals surface area contributed by atoms with Crippen LogP contribution in [0.15, 0.2) is 23.4 Å². The summed E-state index contributed by atoms with van der Waals surface area (Å²) in [6, 6.07) is 2.39. The third kappa shape index (κ3) is 3.90. The van der Waals surface area contributed by atoms with Crippen LogP contribution in [0.3, 0.4) is 0 Å². The van der Waals surface area contributed by atoms with Gasteiger partial charge >= 0.3 is 6.18 Å². The Morgan fingerprint density at radius 2 is 1.91 bits per heavy atom. The number of aromatic nitrogens is 6. The van der Waals surface area contributed by atoms with Crippen molar-refractivity contribution >= 4 is 32.6 Å². The van der Waals surface area contributed by atoms with Crippen molar-refractivity contribution in [2.75, 3.05) is 5.75 Å². The van der Waals surface area contributed by atoms with Gasteiger partial charge in [0, 0.05) is 25.0 Å². The number of hydrogen-bond donors (Lipinski definition) is 1. The molecule has 1 saturated carbocycles. The van der Waals surface area contributed by atoms with Crippen molar-refractivity contribution in [3.63, 3.8) is 0 Å². The molecule has 1 aliphatic carbocycles. The van der Waals surface area contributed by atoms with Crippen LogP contribution in [-0.4, -0.2) is 55.3 Å². The van der Waals surface area contributed by atoms with E-state index in [1.807, 2.05) is 0 Å². The first-order valence-corrected chi connectivity index (χ1v) is 12.4. The lowest BCUT2D eigenvalue weighted by molar-refractivity contribution is -0.137. The van der Waals surface area contributed by atoms with E-state index in [0.717, 1.165) is 23.4 Å². The molecule has 0 radical (unpaired) electrons. The molecule has 0 aliphatic heterocycles. The Bertz CT molecular complexity index is 1620. The van der Waals surface area contributed by atoms with Gasteiger partial charge in [0.1, 0.15) is 22.6 Å². The summed E-state index contributed by atoms with van der Waals surface area (Å²) < 4.78 is 68.2. The van der Waals surface area contributed by atoms with Crippen molar-refractivity contribution in [1.82, 2.24) is 34.4 Å². The number of nitrogens with zero attached hydrogens (tertiary/aromatic N) is 6. The van der Waals surface area contributed by atoms with E-state index in [-0.39, 0.29) is 50.7 Å². The zero-order valence-corrected chi connectivity index (χ0v) is 19.7. The van der Waals surface area contributed by atoms with E-state index < -0.39 is 27.5 Å². The van der Waals surface area contributed by atoms with Gasteiger partial charge in [0.05, 0.1) is 11.3 Å². The SMILES string of the molecule is CCS(=O)(=O)c1nn2c(C(=O)NC3CC3)cc(C)nc2c1-c1nc2cc(C(F)(F)F)cnc2n1C. The zero-order valence-electron chi connectivity index (χ0n) is 18.9. The molecule has 4 aromatic rings. The Morgan fingerprint density at radius 3 is 2.54 bits per heavy atom. The molecule has 1 aliphatic rings. The smallest absolute Gasteiger partial charge is 0.348 e. The van der Waals surface area contributed by atoms with E-state index in [1.54, 1.807) is 6.92 Å². The quantitative estimate of drug-likeness (QED) is 0.440. The van der Waals surface area contributed by atoms with Crippen molar-refractivity contribution in [2.24, 2.45) is 7.05 Å². The van der Waals surface area contributed by atoms with Crippen LogP contribution in [0.1, 0.15) is 41.5 Å². The van der Waals surface area contributed by atoms with Gasteiger partial charge in [-0.15, -0.1) is 0 Å². The molecule has 5 rings (SSSR count). The Kier molecular flexibility index (Phi) is 5.12. The van der Waals surface area contributed by atoms with Gasteiger partial charge in [-0.3, -0.25) is 4.79 Å². The minimum Gasteiger partial charge on any atom is -0.348 e. The normalized spacial score (nSPS) is 14.7. The molecule has 14 heteroatoms. The molecule has 0 atom stereocenters. The molecule has 4 aromatic heterocycles. The van der Waals surface area contributed by atoms with Crippen molar-refractivity contribution in [3.8, 4) is 11.4 Å². The number of fused-ring (bicyclic) bond motifs is 2. The fourth-order valence-electron chi connectivity index (χ4n) is 3.77. The number of amides is 1. The summed E-state index contributed by atoms with van der Waals surface area (Å²) in [5, 5.41) is 6.72. The molecule has 0 saturated heterocycles. The fraction of sp³-hybridized carbons (Fsp3) is 0.381. The molecule has 1 amide bonds. The minimum atomic E-state index is -4.62. The highest BCUT2D eigenvalue weighted by Crippen LogP contribution is 2.35. The van der Waals surface area contributed by atoms with Crippen LogP contribution in [0.2, 0.25) is 0 Å². The maximum atomic E-state index is 13.2. The van der Waals surface area contributed by atoms with E-state index >= 15 is 0 Å². The largest absolute Gasteiger partial charge is 0.417 e. The number of imidazole rings is 1. The Hall–Kier alpha value is -3.55. The maximum absolute atomic E-state index is 13.2. The number of aryl methyl sites for hydroxylation is 2. The number of carbonyl (C=O) groups excluding carboxylic acids is 1. The summed E-state index contributed by atoms with van der Waals surface area (Å²) >= 11 is 0. The highest BCUT2D eigenvalue weighted by molar-refractivity contribution is 7.91. The standard InChI is InChI=1S/C21H20F3N7O3S/c1-4-35(33,34)20-15(17-28-13-8-11(21(22,23)24)9-25-16(13)30(17)3)18-26-10(2)7-14(31(18)29-20)19(32)27-12-5-6-12/h7-9,12H,4-6H2,1-3H3,(H,27,32). The average Bonchev–Trinajstić information content (AvgIpc) is 3.43. The number of alkyl halides is 3. The summed E-state index contributed by atoms with van der Waals surface area (Å²) in [7, 11) is -2.44. The van der Waals surface area contributed by atoms with Gasteiger partial charge < -0.3 is 9.88 Å². The summed E-state index contributed by atoms with van der Waals surface area (Å²) in [5.41, 5.74) is -0.380. The van der Waals surface area contributed by atoms with Crippen molar-refractivity contribution in [2.45, 2.75) is 43.9 Å². The van der Waals surface area contributed by atoms with Gasteiger partial charge in [0.15, 0.2) is 26.2 Å². The first-order chi connectivity index (χ1) is 16.4. The predicted molar refractivity (Wildman–Crippen MR) is 118 cm³/mol. The van der Waals surface area contributed by atoms with Gasteiger partial charge in [0.2, 0.25) is 0 Å². The molecule has 0 spiro atoms. The van der Waals surface area contributed by atoms with Gasteiger partial charge in [-0.1, -0.05) is 6.92 Å². The Morgan fingerprint density at radius 1 is 1.20 bits per heavy atom. The molecule has 184 valence electrons. The summed E-state index contributed by atoms with van der Waals surface area (Å²) in [5.74, 6) is -0.716. The van der Waals surface area contributed by atoms with Gasteiger partial charge in [-0.05, 0) is 31.9 Å². The van der Waals surface area contributed by atoms with E-state index in [2.05, 4.69) is 25.4 Å². The van der Waals surface area contributed by atoms with Crippen LogP contribution in [0.25, 0.3) is 28.2 Å². The van der Waals surface area contributed by atoms with Crippen molar-refractivity contribution in [1.29, 1.82) is 0 Å². The van der Waals surface area contributed by atoms with Crippen molar-refractivity contribution in [3.05, 3.63) is 35.3 Å². The number of pyridine rings is 1. The maximum Gasteiger partial charge on any atom is 0.417 e. The number of sulfone groups is 1. The van der Waals surface area contributed by atoms with E-state index in [0.29, 0.717) is 11.9 Å². The van der Waals surface area contributed by atoms with Crippen molar-refractivity contribution < 1.29 is 26.4 Å². The van der Waals surface area contributed by atoms with E-state index in [9.17, 15) is 26.4 Å². The third-order valence-corrected chi connectivity index (χ3v) is 7.40. The molecule has 35 heavy (non-hydrogen) atoms. The molecule has 0 unspecified atom stereocenters. The van der Waals surface area contributed by atoms with Crippen LogP contribution in [0, 0.1) is 6.92 Å². The lowest BCUT2D eigenvalue weighted by Gasteiger charge is -2.07. The summed E-state index contributed by atoms with van der Waals surface area (Å²) in [6.45, 7) is 3.08. The molecular weight excluding hydrogens is 487 g/mol. The molecule has 10 nitrogen and oxygen atoms in total. The van der Waals surface area contributed by atoms with Crippen LogP contribution < -0.4 is 5.32 Å². The van der Waals surface area contributed by atoms with Gasteiger partial charge in [-0.25, -0.2) is 27.9 Å². The molecular formula is C21H20F3N7O3S. The van der Waals surface area contributed by atoms with E-state index in [4.69, 9.17) is 0 Å². The number of carbonyl (C=O) groups is 1. The summed E-state index contributed by atoms with van der Waals surface area (Å²) in [4.78, 5) is 25.5. The van der Waals surface area contributed by atoms with Crippen LogP contribution in [-0.2, 0) is 23.1 Å². The zero-order chi connectivity index (χ0) is 25.3. The Labute approximate surface area is 197 Å². The topological polar surface area (TPSA) is 124 Å². The molecule has 1 fully saturated rings. The molecule has 1 N–H and O–H groups in total.